The number of rotatable bonds is 0. The van der Waals surface area contributed by atoms with E-state index in [1.165, 1.54) is 31.3 Å². The van der Waals surface area contributed by atoms with Gasteiger partial charge in [-0.2, -0.15) is 0 Å². The zero-order valence-electron chi connectivity index (χ0n) is 7.41. The average Bonchev–Trinajstić information content (AvgIpc) is 2.30. The molecule has 0 aromatic rings. The number of hydrogen-bond acceptors (Lipinski definition) is 0. The first-order chi connectivity index (χ1) is 5.29. The highest BCUT2D eigenvalue weighted by atomic mass is 14.3. The van der Waals surface area contributed by atoms with Crippen LogP contribution in [0, 0.1) is 12.0 Å². The van der Waals surface area contributed by atoms with E-state index in [0.29, 0.717) is 5.92 Å². The van der Waals surface area contributed by atoms with E-state index in [1.54, 1.807) is 11.1 Å². The highest BCUT2D eigenvalue weighted by molar-refractivity contribution is 5.41. The molecule has 11 heavy (non-hydrogen) atoms. The van der Waals surface area contributed by atoms with Gasteiger partial charge >= 0.3 is 0 Å². The third kappa shape index (κ3) is 1.05. The Kier molecular flexibility index (Phi) is 1.63. The fraction of sp³-hybridized carbons (Fsp3) is 0.636. The first kappa shape index (κ1) is 7.15. The lowest BCUT2D eigenvalue weighted by Crippen LogP contribution is -2.00. The molecule has 59 valence electrons. The molecule has 0 aromatic carbocycles. The Balaban J connectivity index is 2.34. The minimum absolute atomic E-state index is 0.630. The van der Waals surface area contributed by atoms with Gasteiger partial charge < -0.3 is 0 Å². The third-order valence-electron chi connectivity index (χ3n) is 2.92. The molecule has 0 amide bonds. The standard InChI is InChI=1S/C11H15/c1-8-7-9(2)11-6-4-3-5-10(8)11/h8H,3-6H2,1-2H3. The molecule has 0 bridgehead atoms. The van der Waals surface area contributed by atoms with Crippen LogP contribution in [0.25, 0.3) is 0 Å². The molecule has 0 heteroatoms. The first-order valence-electron chi connectivity index (χ1n) is 4.61. The molecule has 1 unspecified atom stereocenters. The molecular formula is C11H15. The molecule has 0 N–H and O–H groups in total. The highest BCUT2D eigenvalue weighted by Gasteiger charge is 2.23. The van der Waals surface area contributed by atoms with Gasteiger partial charge in [-0.3, -0.25) is 0 Å². The lowest BCUT2D eigenvalue weighted by atomic mass is 9.88. The Morgan fingerprint density at radius 1 is 1.27 bits per heavy atom. The van der Waals surface area contributed by atoms with Crippen LogP contribution in [-0.2, 0) is 0 Å². The van der Waals surface area contributed by atoms with Crippen molar-refractivity contribution in [2.75, 3.05) is 0 Å². The van der Waals surface area contributed by atoms with Gasteiger partial charge in [0.2, 0.25) is 0 Å². The smallest absolute Gasteiger partial charge is 0.00315 e. The van der Waals surface area contributed by atoms with Crippen molar-refractivity contribution in [2.24, 2.45) is 5.92 Å². The molecule has 0 heterocycles. The SMILES string of the molecule is CC1=[C]C(C)C2=C1CCCC2. The van der Waals surface area contributed by atoms with E-state index in [1.807, 2.05) is 0 Å². The van der Waals surface area contributed by atoms with Gasteiger partial charge in [0.15, 0.2) is 0 Å². The van der Waals surface area contributed by atoms with Crippen molar-refractivity contribution >= 4 is 0 Å². The molecule has 1 atom stereocenters. The van der Waals surface area contributed by atoms with Gasteiger partial charge in [0.25, 0.3) is 0 Å². The van der Waals surface area contributed by atoms with Crippen LogP contribution in [0.5, 0.6) is 0 Å². The second-order valence-electron chi connectivity index (χ2n) is 3.70. The Morgan fingerprint density at radius 3 is 2.73 bits per heavy atom. The van der Waals surface area contributed by atoms with E-state index in [4.69, 9.17) is 0 Å². The number of hydrogen-bond donors (Lipinski definition) is 0. The monoisotopic (exact) mass is 147 g/mol. The van der Waals surface area contributed by atoms with E-state index in [9.17, 15) is 0 Å². The average molecular weight is 147 g/mol. The molecule has 0 aromatic heterocycles. The van der Waals surface area contributed by atoms with Crippen molar-refractivity contribution in [3.8, 4) is 0 Å². The molecule has 2 rings (SSSR count). The van der Waals surface area contributed by atoms with Crippen molar-refractivity contribution < 1.29 is 0 Å². The van der Waals surface area contributed by atoms with Crippen molar-refractivity contribution in [1.82, 2.24) is 0 Å². The predicted molar refractivity (Wildman–Crippen MR) is 47.1 cm³/mol. The molecule has 2 aliphatic rings. The molecular weight excluding hydrogens is 132 g/mol. The lowest BCUT2D eigenvalue weighted by molar-refractivity contribution is 0.640. The van der Waals surface area contributed by atoms with Crippen LogP contribution in [0.3, 0.4) is 0 Å². The van der Waals surface area contributed by atoms with Crippen molar-refractivity contribution in [1.29, 1.82) is 0 Å². The third-order valence-corrected chi connectivity index (χ3v) is 2.92. The van der Waals surface area contributed by atoms with Crippen LogP contribution in [0.4, 0.5) is 0 Å². The van der Waals surface area contributed by atoms with Crippen LogP contribution in [0.1, 0.15) is 39.5 Å². The van der Waals surface area contributed by atoms with E-state index >= 15 is 0 Å². The van der Waals surface area contributed by atoms with Crippen LogP contribution in [-0.4, -0.2) is 0 Å². The Bertz CT molecular complexity index is 230. The summed E-state index contributed by atoms with van der Waals surface area (Å²) < 4.78 is 0. The summed E-state index contributed by atoms with van der Waals surface area (Å²) in [6.45, 7) is 4.49. The minimum Gasteiger partial charge on any atom is -0.0595 e. The predicted octanol–water partition coefficient (Wildman–Crippen LogP) is 3.26. The van der Waals surface area contributed by atoms with Crippen molar-refractivity contribution in [2.45, 2.75) is 39.5 Å². The maximum absolute atomic E-state index is 3.50. The van der Waals surface area contributed by atoms with Gasteiger partial charge in [0.05, 0.1) is 0 Å². The molecule has 0 saturated heterocycles. The Hall–Kier alpha value is -0.520. The lowest BCUT2D eigenvalue weighted by Gasteiger charge is -2.17. The molecule has 1 radical (unpaired) electrons. The summed E-state index contributed by atoms with van der Waals surface area (Å²) in [4.78, 5) is 0. The molecule has 2 aliphatic carbocycles. The second-order valence-corrected chi connectivity index (χ2v) is 3.70. The highest BCUT2D eigenvalue weighted by Crippen LogP contribution is 2.39. The molecule has 0 nitrogen and oxygen atoms in total. The molecule has 0 aliphatic heterocycles. The topological polar surface area (TPSA) is 0 Å². The van der Waals surface area contributed by atoms with E-state index in [0.717, 1.165) is 0 Å². The fourth-order valence-electron chi connectivity index (χ4n) is 2.33. The molecule has 0 saturated carbocycles. The summed E-state index contributed by atoms with van der Waals surface area (Å²) in [5, 5.41) is 0. The van der Waals surface area contributed by atoms with E-state index in [-0.39, 0.29) is 0 Å². The van der Waals surface area contributed by atoms with Crippen LogP contribution in [0.15, 0.2) is 16.7 Å². The Labute approximate surface area is 69.0 Å². The quantitative estimate of drug-likeness (QED) is 0.493. The zero-order valence-corrected chi connectivity index (χ0v) is 7.41. The largest absolute Gasteiger partial charge is 0.0595 e. The van der Waals surface area contributed by atoms with Crippen LogP contribution < -0.4 is 0 Å². The summed E-state index contributed by atoms with van der Waals surface area (Å²) in [6.07, 6.45) is 8.95. The van der Waals surface area contributed by atoms with Crippen LogP contribution >= 0.6 is 0 Å². The van der Waals surface area contributed by atoms with Gasteiger partial charge in [0, 0.05) is 5.92 Å². The van der Waals surface area contributed by atoms with Gasteiger partial charge in [-0.05, 0) is 49.8 Å². The minimum atomic E-state index is 0.630. The Morgan fingerprint density at radius 2 is 2.00 bits per heavy atom. The van der Waals surface area contributed by atoms with Crippen molar-refractivity contribution in [3.05, 3.63) is 22.8 Å². The zero-order chi connectivity index (χ0) is 7.84. The van der Waals surface area contributed by atoms with E-state index in [2.05, 4.69) is 19.9 Å². The van der Waals surface area contributed by atoms with E-state index < -0.39 is 0 Å². The van der Waals surface area contributed by atoms with Crippen molar-refractivity contribution in [3.63, 3.8) is 0 Å². The normalized spacial score (nSPS) is 30.4. The number of allylic oxidation sites excluding steroid dienone is 4. The summed E-state index contributed by atoms with van der Waals surface area (Å²) in [6, 6.07) is 0. The molecule has 0 fully saturated rings. The summed E-state index contributed by atoms with van der Waals surface area (Å²) in [7, 11) is 0. The maximum atomic E-state index is 3.50. The van der Waals surface area contributed by atoms with Gasteiger partial charge in [-0.1, -0.05) is 12.5 Å². The second kappa shape index (κ2) is 2.51. The van der Waals surface area contributed by atoms with Gasteiger partial charge in [-0.15, -0.1) is 0 Å². The van der Waals surface area contributed by atoms with Crippen LogP contribution in [0.2, 0.25) is 0 Å². The first-order valence-corrected chi connectivity index (χ1v) is 4.61. The summed E-state index contributed by atoms with van der Waals surface area (Å²) in [5.74, 6) is 0.630. The van der Waals surface area contributed by atoms with Gasteiger partial charge in [0.1, 0.15) is 0 Å². The summed E-state index contributed by atoms with van der Waals surface area (Å²) in [5.41, 5.74) is 4.77. The fourth-order valence-corrected chi connectivity index (χ4v) is 2.33. The van der Waals surface area contributed by atoms with Gasteiger partial charge in [-0.25, -0.2) is 0 Å². The maximum Gasteiger partial charge on any atom is 0.00315 e. The summed E-state index contributed by atoms with van der Waals surface area (Å²) >= 11 is 0. The molecule has 0 spiro atoms.